The zero-order valence-corrected chi connectivity index (χ0v) is 20.0. The van der Waals surface area contributed by atoms with Gasteiger partial charge in [-0.3, -0.25) is 0 Å². The van der Waals surface area contributed by atoms with E-state index in [-0.39, 0.29) is 0 Å². The fraction of sp³-hybridized carbons (Fsp3) is 0.308. The largest absolute Gasteiger partial charge is 0.463 e. The number of aromatic nitrogens is 4. The second-order valence-electron chi connectivity index (χ2n) is 8.36. The van der Waals surface area contributed by atoms with E-state index in [9.17, 15) is 0 Å². The summed E-state index contributed by atoms with van der Waals surface area (Å²) >= 11 is 0. The molecule has 0 unspecified atom stereocenters. The maximum atomic E-state index is 5.97. The molecule has 2 aromatic heterocycles. The van der Waals surface area contributed by atoms with E-state index in [1.54, 1.807) is 5.01 Å². The van der Waals surface area contributed by atoms with Gasteiger partial charge in [0.05, 0.1) is 25.5 Å². The van der Waals surface area contributed by atoms with Crippen molar-refractivity contribution >= 4 is 28.5 Å². The minimum atomic E-state index is 0.291. The van der Waals surface area contributed by atoms with Crippen LogP contribution < -0.4 is 14.6 Å². The summed E-state index contributed by atoms with van der Waals surface area (Å²) in [6, 6.07) is 18.7. The van der Waals surface area contributed by atoms with E-state index in [0.717, 1.165) is 28.6 Å². The molecule has 1 N–H and O–H groups in total. The average molecular weight is 472 g/mol. The number of nitrogens with one attached hydrogen (secondary N) is 1. The number of nitrogens with zero attached hydrogens (tertiary/aromatic N) is 6. The van der Waals surface area contributed by atoms with E-state index in [2.05, 4.69) is 44.1 Å². The fourth-order valence-corrected chi connectivity index (χ4v) is 4.05. The first kappa shape index (κ1) is 22.8. The molecule has 5 rings (SSSR count). The summed E-state index contributed by atoms with van der Waals surface area (Å²) < 4.78 is 11.5. The highest BCUT2D eigenvalue weighted by Gasteiger charge is 2.19. The lowest BCUT2D eigenvalue weighted by molar-refractivity contribution is 0.122. The number of benzene rings is 2. The van der Waals surface area contributed by atoms with Gasteiger partial charge < -0.3 is 19.4 Å². The summed E-state index contributed by atoms with van der Waals surface area (Å²) in [5.74, 6) is 0.996. The standard InChI is InChI=1S/C26H29N7O2/c1-19(22-18-27-23-11-7-6-10-21(22)23)31-32(2)24-28-25(33-13-16-34-17-14-33)30-26(29-24)35-15-12-20-8-4-3-5-9-20/h3-11,18,27H,12-17H2,1-2H3. The van der Waals surface area contributed by atoms with Gasteiger partial charge in [0.25, 0.3) is 5.95 Å². The Morgan fingerprint density at radius 2 is 1.83 bits per heavy atom. The predicted molar refractivity (Wildman–Crippen MR) is 137 cm³/mol. The zero-order valence-electron chi connectivity index (χ0n) is 20.0. The van der Waals surface area contributed by atoms with Crippen molar-refractivity contribution in [3.63, 3.8) is 0 Å². The van der Waals surface area contributed by atoms with Gasteiger partial charge in [0.2, 0.25) is 5.95 Å². The van der Waals surface area contributed by atoms with E-state index < -0.39 is 0 Å². The van der Waals surface area contributed by atoms with Crippen molar-refractivity contribution in [1.29, 1.82) is 0 Å². The van der Waals surface area contributed by atoms with Gasteiger partial charge in [0.1, 0.15) is 0 Å². The Bertz CT molecular complexity index is 1300. The van der Waals surface area contributed by atoms with Crippen LogP contribution in [-0.4, -0.2) is 65.6 Å². The third kappa shape index (κ3) is 5.41. The van der Waals surface area contributed by atoms with Crippen LogP contribution in [0.5, 0.6) is 6.01 Å². The third-order valence-corrected chi connectivity index (χ3v) is 5.92. The van der Waals surface area contributed by atoms with Gasteiger partial charge in [-0.25, -0.2) is 5.01 Å². The monoisotopic (exact) mass is 471 g/mol. The summed E-state index contributed by atoms with van der Waals surface area (Å²) in [6.45, 7) is 5.16. The van der Waals surface area contributed by atoms with Crippen LogP contribution >= 0.6 is 0 Å². The molecular weight excluding hydrogens is 442 g/mol. The Morgan fingerprint density at radius 1 is 1.06 bits per heavy atom. The molecule has 0 amide bonds. The van der Waals surface area contributed by atoms with Crippen molar-refractivity contribution in [3.05, 3.63) is 71.9 Å². The molecule has 9 nitrogen and oxygen atoms in total. The number of aromatic amines is 1. The highest BCUT2D eigenvalue weighted by atomic mass is 16.5. The molecule has 35 heavy (non-hydrogen) atoms. The van der Waals surface area contributed by atoms with Crippen LogP contribution in [0.25, 0.3) is 10.9 Å². The average Bonchev–Trinajstić information content (AvgIpc) is 3.34. The lowest BCUT2D eigenvalue weighted by Gasteiger charge is -2.27. The normalized spacial score (nSPS) is 14.3. The van der Waals surface area contributed by atoms with Crippen LogP contribution in [0.4, 0.5) is 11.9 Å². The van der Waals surface area contributed by atoms with Crippen LogP contribution in [0.1, 0.15) is 18.1 Å². The zero-order chi connectivity index (χ0) is 24.0. The molecule has 0 saturated carbocycles. The van der Waals surface area contributed by atoms with Crippen molar-refractivity contribution in [2.45, 2.75) is 13.3 Å². The summed E-state index contributed by atoms with van der Waals surface area (Å²) in [5, 5.41) is 7.57. The number of fused-ring (bicyclic) bond motifs is 1. The lowest BCUT2D eigenvalue weighted by Crippen LogP contribution is -2.37. The van der Waals surface area contributed by atoms with Crippen LogP contribution in [-0.2, 0) is 11.2 Å². The van der Waals surface area contributed by atoms with Gasteiger partial charge in [0, 0.05) is 49.2 Å². The Morgan fingerprint density at radius 3 is 2.66 bits per heavy atom. The first-order valence-electron chi connectivity index (χ1n) is 11.8. The van der Waals surface area contributed by atoms with Crippen LogP contribution in [0.3, 0.4) is 0 Å². The van der Waals surface area contributed by atoms with E-state index in [4.69, 9.17) is 19.6 Å². The van der Waals surface area contributed by atoms with E-state index in [0.29, 0.717) is 50.8 Å². The maximum Gasteiger partial charge on any atom is 0.323 e. The molecule has 1 aliphatic heterocycles. The lowest BCUT2D eigenvalue weighted by atomic mass is 10.1. The summed E-state index contributed by atoms with van der Waals surface area (Å²) in [4.78, 5) is 19.2. The molecule has 0 bridgehead atoms. The van der Waals surface area contributed by atoms with Crippen LogP contribution in [0.15, 0.2) is 65.9 Å². The molecule has 0 radical (unpaired) electrons. The van der Waals surface area contributed by atoms with Gasteiger partial charge in [-0.15, -0.1) is 0 Å². The Balaban J connectivity index is 1.39. The van der Waals surface area contributed by atoms with Gasteiger partial charge in [-0.2, -0.15) is 20.1 Å². The third-order valence-electron chi connectivity index (χ3n) is 5.92. The van der Waals surface area contributed by atoms with E-state index >= 15 is 0 Å². The Kier molecular flexibility index (Phi) is 6.85. The molecule has 4 aromatic rings. The molecule has 0 atom stereocenters. The number of ether oxygens (including phenoxy) is 2. The number of H-pyrrole nitrogens is 1. The van der Waals surface area contributed by atoms with Crippen molar-refractivity contribution in [1.82, 2.24) is 19.9 Å². The number of para-hydroxylation sites is 1. The van der Waals surface area contributed by atoms with Crippen molar-refractivity contribution in [2.24, 2.45) is 5.10 Å². The van der Waals surface area contributed by atoms with Crippen molar-refractivity contribution in [2.75, 3.05) is 49.9 Å². The molecular formula is C26H29N7O2. The number of rotatable bonds is 8. The number of anilines is 2. The predicted octanol–water partition coefficient (Wildman–Crippen LogP) is 3.67. The van der Waals surface area contributed by atoms with Crippen LogP contribution in [0.2, 0.25) is 0 Å². The molecule has 1 saturated heterocycles. The molecule has 0 spiro atoms. The number of hydrazone groups is 1. The second kappa shape index (κ2) is 10.5. The van der Waals surface area contributed by atoms with Gasteiger partial charge >= 0.3 is 6.01 Å². The molecule has 1 aliphatic rings. The highest BCUT2D eigenvalue weighted by molar-refractivity contribution is 6.09. The van der Waals surface area contributed by atoms with E-state index in [1.165, 1.54) is 5.56 Å². The molecule has 1 fully saturated rings. The molecule has 9 heteroatoms. The minimum Gasteiger partial charge on any atom is -0.463 e. The second-order valence-corrected chi connectivity index (χ2v) is 8.36. The van der Waals surface area contributed by atoms with Crippen LogP contribution in [0, 0.1) is 0 Å². The topological polar surface area (TPSA) is 91.8 Å². The van der Waals surface area contributed by atoms with Crippen molar-refractivity contribution in [3.8, 4) is 6.01 Å². The maximum absolute atomic E-state index is 5.97. The molecule has 3 heterocycles. The number of hydrogen-bond acceptors (Lipinski definition) is 8. The summed E-state index contributed by atoms with van der Waals surface area (Å²) in [7, 11) is 1.84. The number of hydrogen-bond donors (Lipinski definition) is 1. The Labute approximate surface area is 204 Å². The van der Waals surface area contributed by atoms with Gasteiger partial charge in [0.15, 0.2) is 0 Å². The fourth-order valence-electron chi connectivity index (χ4n) is 4.05. The minimum absolute atomic E-state index is 0.291. The molecule has 180 valence electrons. The highest BCUT2D eigenvalue weighted by Crippen LogP contribution is 2.21. The van der Waals surface area contributed by atoms with Gasteiger partial charge in [-0.05, 0) is 18.6 Å². The quantitative estimate of drug-likeness (QED) is 0.310. The SMILES string of the molecule is CC(=NN(C)c1nc(OCCc2ccccc2)nc(N2CCOCC2)n1)c1c[nH]c2ccccc12. The summed E-state index contributed by atoms with van der Waals surface area (Å²) in [5.41, 5.74) is 4.16. The first-order chi connectivity index (χ1) is 17.2. The molecule has 2 aromatic carbocycles. The van der Waals surface area contributed by atoms with Crippen molar-refractivity contribution < 1.29 is 9.47 Å². The molecule has 0 aliphatic carbocycles. The van der Waals surface area contributed by atoms with E-state index in [1.807, 2.05) is 50.5 Å². The smallest absolute Gasteiger partial charge is 0.323 e. The number of morpholine rings is 1. The first-order valence-corrected chi connectivity index (χ1v) is 11.8. The summed E-state index contributed by atoms with van der Waals surface area (Å²) in [6.07, 6.45) is 2.74. The Hall–Kier alpha value is -3.98. The van der Waals surface area contributed by atoms with Gasteiger partial charge in [-0.1, -0.05) is 48.5 Å².